The predicted octanol–water partition coefficient (Wildman–Crippen LogP) is 6.98. The van der Waals surface area contributed by atoms with Crippen molar-refractivity contribution in [1.82, 2.24) is 40.4 Å². The molecule has 0 aliphatic carbocycles. The molecule has 1 unspecified atom stereocenters. The number of likely N-dealkylation sites (tertiary alicyclic amines) is 1. The number of nitrogens with zero attached hydrogens (tertiary/aromatic N) is 4. The van der Waals surface area contributed by atoms with Crippen LogP contribution in [0.2, 0.25) is 0 Å². The van der Waals surface area contributed by atoms with Crippen LogP contribution in [-0.4, -0.2) is 99.7 Å². The average molecular weight is 823 g/mol. The number of hydrogen-bond acceptors (Lipinski definition) is 10. The normalized spacial score (nSPS) is 15.8. The summed E-state index contributed by atoms with van der Waals surface area (Å²) < 4.78 is 22.4. The highest BCUT2D eigenvalue weighted by Crippen LogP contribution is 2.43. The summed E-state index contributed by atoms with van der Waals surface area (Å²) in [4.78, 5) is 71.0. The minimum atomic E-state index is -0.734. The maximum atomic E-state index is 13.7. The van der Waals surface area contributed by atoms with Crippen LogP contribution in [0.15, 0.2) is 53.2 Å². The van der Waals surface area contributed by atoms with Crippen molar-refractivity contribution in [2.24, 2.45) is 11.8 Å². The van der Waals surface area contributed by atoms with Gasteiger partial charge in [0.05, 0.1) is 62.8 Å². The van der Waals surface area contributed by atoms with Gasteiger partial charge in [-0.05, 0) is 61.4 Å². The molecule has 0 bridgehead atoms. The van der Waals surface area contributed by atoms with E-state index < -0.39 is 24.3 Å². The van der Waals surface area contributed by atoms with Gasteiger partial charge < -0.3 is 49.0 Å². The lowest BCUT2D eigenvalue weighted by molar-refractivity contribution is -0.136. The number of H-pyrrole nitrogens is 2. The quantitative estimate of drug-likeness (QED) is 0.0962. The second-order valence-electron chi connectivity index (χ2n) is 16.0. The molecule has 4 amide bonds. The minimum absolute atomic E-state index is 0.124. The summed E-state index contributed by atoms with van der Waals surface area (Å²) in [5, 5.41) is 6.36. The van der Waals surface area contributed by atoms with E-state index in [1.807, 2.05) is 65.0 Å². The number of carbonyl (C=O) groups excluding carboxylic acids is 4. The Morgan fingerprint density at radius 2 is 1.60 bits per heavy atom. The second-order valence-corrected chi connectivity index (χ2v) is 16.0. The van der Waals surface area contributed by atoms with Gasteiger partial charge >= 0.3 is 12.2 Å². The fourth-order valence-electron chi connectivity index (χ4n) is 8.09. The smallest absolute Gasteiger partial charge is 0.407 e. The number of methoxy groups -OCH3 is 2. The number of carbonyl (C=O) groups is 4. The Kier molecular flexibility index (Phi) is 12.5. The first kappa shape index (κ1) is 41.8. The van der Waals surface area contributed by atoms with Crippen LogP contribution in [-0.2, 0) is 32.0 Å². The molecule has 5 aromatic rings. The Labute approximate surface area is 348 Å². The number of amides is 4. The van der Waals surface area contributed by atoms with Gasteiger partial charge in [0.2, 0.25) is 11.8 Å². The Morgan fingerprint density at radius 3 is 2.32 bits per heavy atom. The maximum Gasteiger partial charge on any atom is 0.407 e. The van der Waals surface area contributed by atoms with Crippen LogP contribution in [0, 0.1) is 11.8 Å². The summed E-state index contributed by atoms with van der Waals surface area (Å²) in [6, 6.07) is 10.4. The van der Waals surface area contributed by atoms with Crippen LogP contribution in [0.25, 0.3) is 44.8 Å². The van der Waals surface area contributed by atoms with Gasteiger partial charge in [-0.1, -0.05) is 40.7 Å². The molecular formula is C44H54N8O8. The Balaban J connectivity index is 1.09. The van der Waals surface area contributed by atoms with Crippen molar-refractivity contribution >= 4 is 35.0 Å². The number of nitrogens with one attached hydrogen (secondary N) is 4. The number of benzene rings is 2. The average Bonchev–Trinajstić information content (AvgIpc) is 4.06. The van der Waals surface area contributed by atoms with Crippen LogP contribution in [0.4, 0.5) is 9.59 Å². The number of ether oxygens (including phenoxy) is 3. The first-order valence-electron chi connectivity index (χ1n) is 20.6. The van der Waals surface area contributed by atoms with Gasteiger partial charge in [0.1, 0.15) is 40.8 Å². The van der Waals surface area contributed by atoms with E-state index in [-0.39, 0.29) is 36.2 Å². The summed E-state index contributed by atoms with van der Waals surface area (Å²) in [5.74, 6) is 2.14. The summed E-state index contributed by atoms with van der Waals surface area (Å²) in [6.07, 6.45) is 5.22. The van der Waals surface area contributed by atoms with Crippen molar-refractivity contribution in [1.29, 1.82) is 0 Å². The van der Waals surface area contributed by atoms with Gasteiger partial charge in [0.15, 0.2) is 0 Å². The zero-order chi connectivity index (χ0) is 42.7. The number of furan rings is 1. The van der Waals surface area contributed by atoms with Crippen molar-refractivity contribution in [2.45, 2.75) is 85.0 Å². The molecule has 318 valence electrons. The van der Waals surface area contributed by atoms with Crippen molar-refractivity contribution in [3.05, 3.63) is 66.0 Å². The summed E-state index contributed by atoms with van der Waals surface area (Å²) in [6.45, 7) is 11.3. The van der Waals surface area contributed by atoms with E-state index in [0.717, 1.165) is 69.6 Å². The lowest BCUT2D eigenvalue weighted by Gasteiger charge is -2.30. The second kappa shape index (κ2) is 17.9. The molecule has 0 spiro atoms. The molecule has 16 heteroatoms. The molecule has 2 aromatic carbocycles. The number of fused-ring (bicyclic) bond motifs is 5. The van der Waals surface area contributed by atoms with Gasteiger partial charge in [-0.25, -0.2) is 19.6 Å². The highest BCUT2D eigenvalue weighted by atomic mass is 16.5. The zero-order valence-electron chi connectivity index (χ0n) is 35.2. The third-order valence-electron chi connectivity index (χ3n) is 11.3. The molecule has 3 atom stereocenters. The van der Waals surface area contributed by atoms with Gasteiger partial charge in [-0.2, -0.15) is 0 Å². The van der Waals surface area contributed by atoms with Crippen LogP contribution >= 0.6 is 0 Å². The van der Waals surface area contributed by atoms with E-state index in [0.29, 0.717) is 43.5 Å². The van der Waals surface area contributed by atoms with Gasteiger partial charge in [-0.3, -0.25) is 9.59 Å². The fourth-order valence-corrected chi connectivity index (χ4v) is 8.09. The molecule has 0 radical (unpaired) electrons. The topological polar surface area (TPSA) is 197 Å². The molecule has 7 rings (SSSR count). The first-order valence-corrected chi connectivity index (χ1v) is 20.6. The van der Waals surface area contributed by atoms with E-state index in [1.165, 1.54) is 14.2 Å². The van der Waals surface area contributed by atoms with Gasteiger partial charge in [0.25, 0.3) is 0 Å². The van der Waals surface area contributed by atoms with Crippen molar-refractivity contribution in [3.63, 3.8) is 0 Å². The first-order chi connectivity index (χ1) is 28.9. The third kappa shape index (κ3) is 8.54. The monoisotopic (exact) mass is 822 g/mol. The molecule has 0 saturated carbocycles. The highest BCUT2D eigenvalue weighted by molar-refractivity contribution is 5.93. The molecule has 1 fully saturated rings. The van der Waals surface area contributed by atoms with Crippen molar-refractivity contribution < 1.29 is 37.8 Å². The van der Waals surface area contributed by atoms with E-state index in [1.54, 1.807) is 22.2 Å². The minimum Gasteiger partial charge on any atom is -0.492 e. The Morgan fingerprint density at radius 1 is 0.917 bits per heavy atom. The fraction of sp³-hybridized carbons (Fsp3) is 0.455. The Hall–Kier alpha value is -6.32. The summed E-state index contributed by atoms with van der Waals surface area (Å²) in [7, 11) is 2.56. The van der Waals surface area contributed by atoms with E-state index in [4.69, 9.17) is 23.6 Å². The lowest BCUT2D eigenvalue weighted by atomic mass is 10.0. The highest BCUT2D eigenvalue weighted by Gasteiger charge is 2.38. The molecule has 5 heterocycles. The number of aromatic nitrogens is 4. The predicted molar refractivity (Wildman–Crippen MR) is 224 cm³/mol. The number of imidazole rings is 2. The van der Waals surface area contributed by atoms with Crippen LogP contribution in [0.3, 0.4) is 0 Å². The summed E-state index contributed by atoms with van der Waals surface area (Å²) >= 11 is 0. The van der Waals surface area contributed by atoms with Gasteiger partial charge in [0, 0.05) is 41.6 Å². The largest absolute Gasteiger partial charge is 0.492 e. The number of alkyl carbamates (subject to hydrolysis) is 2. The van der Waals surface area contributed by atoms with Gasteiger partial charge in [-0.15, -0.1) is 0 Å². The maximum absolute atomic E-state index is 13.7. The molecule has 16 nitrogen and oxygen atoms in total. The molecule has 2 aliphatic rings. The number of rotatable bonds is 13. The SMILES string of the molecule is CCCN(Cc1ncc(-c2ccc3c(c2)OCCc2c-3oc3ccc(-c4cnc([C@@H]5CCCN5C(=O)[C@@H](NC(=O)OC)C(C)C)[nH]4)cc23)[nH]1)C(=O)C(NC(=O)OC)C(C)C. The van der Waals surface area contributed by atoms with Crippen molar-refractivity contribution in [2.75, 3.05) is 33.9 Å². The summed E-state index contributed by atoms with van der Waals surface area (Å²) in [5.41, 5.74) is 6.05. The molecular weight excluding hydrogens is 769 g/mol. The number of hydrogen-bond donors (Lipinski definition) is 4. The number of aromatic amines is 2. The van der Waals surface area contributed by atoms with E-state index in [9.17, 15) is 19.2 Å². The lowest BCUT2D eigenvalue weighted by Crippen LogP contribution is -2.51. The Bertz CT molecular complexity index is 2360. The van der Waals surface area contributed by atoms with Crippen LogP contribution in [0.1, 0.15) is 77.1 Å². The van der Waals surface area contributed by atoms with E-state index >= 15 is 0 Å². The molecule has 4 N–H and O–H groups in total. The zero-order valence-corrected chi connectivity index (χ0v) is 35.2. The van der Waals surface area contributed by atoms with Crippen LogP contribution < -0.4 is 15.4 Å². The van der Waals surface area contributed by atoms with Crippen LogP contribution in [0.5, 0.6) is 5.75 Å². The molecule has 1 saturated heterocycles. The molecule has 60 heavy (non-hydrogen) atoms. The molecule has 3 aromatic heterocycles. The van der Waals surface area contributed by atoms with Crippen molar-refractivity contribution in [3.8, 4) is 39.6 Å². The standard InChI is InChI=1S/C44H54N8O8/c1-8-16-51(41(53)37(24(2)3)49-43(55)57-6)23-36-45-21-31(47-36)27-11-13-29-35(20-27)59-18-15-28-30-19-26(12-14-34(30)60-39(28)29)32-22-46-40(48-32)33-10-9-17-52(33)42(54)38(25(4)5)50-44(56)58-7/h11-14,19-22,24-25,33,37-38H,8-10,15-18,23H2,1-7H3,(H,45,47)(H,46,48)(H,49,55)(H,50,56)/t33-,37?,38-/m0/s1. The third-order valence-corrected chi connectivity index (χ3v) is 11.3. The molecule has 2 aliphatic heterocycles. The van der Waals surface area contributed by atoms with E-state index in [2.05, 4.69) is 31.7 Å².